The zero-order chi connectivity index (χ0) is 26.1. The van der Waals surface area contributed by atoms with Crippen molar-refractivity contribution in [3.63, 3.8) is 0 Å². The Morgan fingerprint density at radius 3 is 2.59 bits per heavy atom. The molecule has 1 aliphatic rings. The Morgan fingerprint density at radius 1 is 1.11 bits per heavy atom. The summed E-state index contributed by atoms with van der Waals surface area (Å²) in [7, 11) is 0. The third-order valence-corrected chi connectivity index (χ3v) is 7.35. The maximum Gasteiger partial charge on any atom is 0.255 e. The summed E-state index contributed by atoms with van der Waals surface area (Å²) in [6.45, 7) is 5.83. The second-order valence-electron chi connectivity index (χ2n) is 8.93. The molecule has 0 saturated heterocycles. The van der Waals surface area contributed by atoms with E-state index in [2.05, 4.69) is 15.6 Å². The highest BCUT2D eigenvalue weighted by Gasteiger charge is 2.34. The summed E-state index contributed by atoms with van der Waals surface area (Å²) in [6, 6.07) is 19.4. The van der Waals surface area contributed by atoms with Gasteiger partial charge in [-0.15, -0.1) is 5.10 Å². The molecule has 4 aromatic rings. The minimum atomic E-state index is -0.533. The number of hydrogen-bond acceptors (Lipinski definition) is 5. The van der Waals surface area contributed by atoms with Gasteiger partial charge in [0.25, 0.3) is 5.91 Å². The highest BCUT2D eigenvalue weighted by molar-refractivity contribution is 7.98. The van der Waals surface area contributed by atoms with E-state index in [1.54, 1.807) is 35.0 Å². The summed E-state index contributed by atoms with van der Waals surface area (Å²) in [4.78, 5) is 18.3. The zero-order valence-electron chi connectivity index (χ0n) is 20.5. The molecule has 0 aliphatic carbocycles. The fourth-order valence-corrected chi connectivity index (χ4v) is 5.28. The van der Waals surface area contributed by atoms with Crippen molar-refractivity contribution in [1.82, 2.24) is 14.8 Å². The van der Waals surface area contributed by atoms with Crippen LogP contribution in [0.3, 0.4) is 0 Å². The fraction of sp³-hybridized carbons (Fsp3) is 0.179. The normalized spacial score (nSPS) is 14.8. The van der Waals surface area contributed by atoms with E-state index in [0.717, 1.165) is 22.4 Å². The van der Waals surface area contributed by atoms with Gasteiger partial charge in [0.2, 0.25) is 11.1 Å². The predicted octanol–water partition coefficient (Wildman–Crippen LogP) is 6.91. The molecular weight excluding hydrogens is 509 g/mol. The number of halogens is 2. The zero-order valence-corrected chi connectivity index (χ0v) is 22.1. The smallest absolute Gasteiger partial charge is 0.255 e. The lowest BCUT2D eigenvalue weighted by Gasteiger charge is -2.29. The van der Waals surface area contributed by atoms with Crippen LogP contribution in [0.2, 0.25) is 5.02 Å². The molecule has 2 N–H and O–H groups in total. The van der Waals surface area contributed by atoms with Gasteiger partial charge in [0.1, 0.15) is 11.9 Å². The van der Waals surface area contributed by atoms with E-state index >= 15 is 0 Å². The van der Waals surface area contributed by atoms with Gasteiger partial charge in [-0.05, 0) is 61.7 Å². The Hall–Kier alpha value is -3.62. The number of nitrogens with one attached hydrogen (secondary N) is 2. The number of benzene rings is 3. The third-order valence-electron chi connectivity index (χ3n) is 6.21. The van der Waals surface area contributed by atoms with Crippen LogP contribution in [-0.2, 0) is 10.5 Å². The van der Waals surface area contributed by atoms with E-state index in [1.807, 2.05) is 51.1 Å². The average molecular weight is 534 g/mol. The number of aryl methyl sites for hydroxylation is 2. The van der Waals surface area contributed by atoms with Crippen molar-refractivity contribution in [1.29, 1.82) is 0 Å². The number of anilines is 2. The van der Waals surface area contributed by atoms with E-state index < -0.39 is 6.04 Å². The molecule has 6 nitrogen and oxygen atoms in total. The van der Waals surface area contributed by atoms with Crippen molar-refractivity contribution in [2.75, 3.05) is 10.6 Å². The Bertz CT molecular complexity index is 1520. The van der Waals surface area contributed by atoms with Crippen LogP contribution < -0.4 is 10.6 Å². The van der Waals surface area contributed by atoms with E-state index in [4.69, 9.17) is 16.7 Å². The topological polar surface area (TPSA) is 71.8 Å². The van der Waals surface area contributed by atoms with Crippen LogP contribution in [0.15, 0.2) is 83.2 Å². The number of fused-ring (bicyclic) bond motifs is 1. The second kappa shape index (κ2) is 10.4. The molecule has 0 fully saturated rings. The van der Waals surface area contributed by atoms with Crippen molar-refractivity contribution in [2.24, 2.45) is 0 Å². The Labute approximate surface area is 224 Å². The van der Waals surface area contributed by atoms with Crippen LogP contribution in [0.5, 0.6) is 0 Å². The Balaban J connectivity index is 1.50. The SMILES string of the molecule is CC1=C(C(=O)Nc2ccc(C)cc2C)C(c2ccc(Cl)cc2)n2nc(SCc3ccccc3F)nc2N1. The van der Waals surface area contributed by atoms with Crippen molar-refractivity contribution < 1.29 is 9.18 Å². The van der Waals surface area contributed by atoms with Gasteiger partial charge in [-0.3, -0.25) is 4.79 Å². The van der Waals surface area contributed by atoms with Crippen molar-refractivity contribution in [2.45, 2.75) is 37.7 Å². The lowest BCUT2D eigenvalue weighted by molar-refractivity contribution is -0.113. The molecule has 5 rings (SSSR count). The fourth-order valence-electron chi connectivity index (χ4n) is 4.34. The summed E-state index contributed by atoms with van der Waals surface area (Å²) >= 11 is 7.49. The van der Waals surface area contributed by atoms with Gasteiger partial charge in [0.05, 0.1) is 5.57 Å². The lowest BCUT2D eigenvalue weighted by atomic mass is 9.95. The number of rotatable bonds is 6. The molecular formula is C28H25ClFN5OS. The molecule has 0 radical (unpaired) electrons. The monoisotopic (exact) mass is 533 g/mol. The molecule has 0 spiro atoms. The number of nitrogens with zero attached hydrogens (tertiary/aromatic N) is 3. The quantitative estimate of drug-likeness (QED) is 0.263. The number of hydrogen-bond donors (Lipinski definition) is 2. The van der Waals surface area contributed by atoms with Crippen LogP contribution in [0.4, 0.5) is 16.0 Å². The van der Waals surface area contributed by atoms with Crippen molar-refractivity contribution in [3.8, 4) is 0 Å². The van der Waals surface area contributed by atoms with Crippen LogP contribution >= 0.6 is 23.4 Å². The van der Waals surface area contributed by atoms with Crippen LogP contribution in [0.25, 0.3) is 0 Å². The first-order valence-corrected chi connectivity index (χ1v) is 13.1. The van der Waals surface area contributed by atoms with E-state index in [1.165, 1.54) is 17.8 Å². The van der Waals surface area contributed by atoms with Gasteiger partial charge < -0.3 is 10.6 Å². The average Bonchev–Trinajstić information content (AvgIpc) is 3.27. The summed E-state index contributed by atoms with van der Waals surface area (Å²) in [6.07, 6.45) is 0. The molecule has 1 amide bonds. The number of amides is 1. The first-order valence-electron chi connectivity index (χ1n) is 11.7. The lowest BCUT2D eigenvalue weighted by Crippen LogP contribution is -2.31. The number of thioether (sulfide) groups is 1. The minimum absolute atomic E-state index is 0.237. The summed E-state index contributed by atoms with van der Waals surface area (Å²) in [5.74, 6) is 0.392. The molecule has 188 valence electrons. The second-order valence-corrected chi connectivity index (χ2v) is 10.3. The molecule has 1 unspecified atom stereocenters. The van der Waals surface area contributed by atoms with Crippen molar-refractivity contribution in [3.05, 3.63) is 111 Å². The van der Waals surface area contributed by atoms with Crippen LogP contribution in [0, 0.1) is 19.7 Å². The maximum absolute atomic E-state index is 14.1. The standard InChI is InChI=1S/C28H25ClFN5OS/c1-16-8-13-23(17(2)14-16)32-26(36)24-18(3)31-27-33-28(37-15-20-6-4-5-7-22(20)30)34-35(27)25(24)19-9-11-21(29)12-10-19/h4-14,25H,15H2,1-3H3,(H,32,36)(H,31,33,34). The largest absolute Gasteiger partial charge is 0.328 e. The molecule has 1 aliphatic heterocycles. The highest BCUT2D eigenvalue weighted by Crippen LogP contribution is 2.37. The van der Waals surface area contributed by atoms with E-state index in [-0.39, 0.29) is 11.7 Å². The van der Waals surface area contributed by atoms with Gasteiger partial charge in [-0.1, -0.05) is 71.4 Å². The number of carbonyl (C=O) groups excluding carboxylic acids is 1. The minimum Gasteiger partial charge on any atom is -0.328 e. The Morgan fingerprint density at radius 2 is 1.86 bits per heavy atom. The maximum atomic E-state index is 14.1. The van der Waals surface area contributed by atoms with E-state index in [9.17, 15) is 9.18 Å². The predicted molar refractivity (Wildman–Crippen MR) is 146 cm³/mol. The molecule has 0 saturated carbocycles. The number of carbonyl (C=O) groups is 1. The van der Waals surface area contributed by atoms with Gasteiger partial charge in [0.15, 0.2) is 0 Å². The molecule has 37 heavy (non-hydrogen) atoms. The molecule has 3 aromatic carbocycles. The van der Waals surface area contributed by atoms with Gasteiger partial charge >= 0.3 is 0 Å². The molecule has 1 aromatic heterocycles. The van der Waals surface area contributed by atoms with E-state index in [0.29, 0.717) is 38.7 Å². The summed E-state index contributed by atoms with van der Waals surface area (Å²) in [5, 5.41) is 12.1. The highest BCUT2D eigenvalue weighted by atomic mass is 35.5. The van der Waals surface area contributed by atoms with Crippen LogP contribution in [0.1, 0.15) is 35.2 Å². The molecule has 9 heteroatoms. The molecule has 0 bridgehead atoms. The van der Waals surface area contributed by atoms with Gasteiger partial charge in [-0.25, -0.2) is 9.07 Å². The first-order chi connectivity index (χ1) is 17.8. The molecule has 2 heterocycles. The number of aromatic nitrogens is 3. The van der Waals surface area contributed by atoms with Gasteiger partial charge in [-0.2, -0.15) is 4.98 Å². The van der Waals surface area contributed by atoms with Crippen LogP contribution in [-0.4, -0.2) is 20.7 Å². The third kappa shape index (κ3) is 5.26. The summed E-state index contributed by atoms with van der Waals surface area (Å²) in [5.41, 5.74) is 5.45. The van der Waals surface area contributed by atoms with Gasteiger partial charge in [0, 0.05) is 22.2 Å². The first kappa shape index (κ1) is 25.0. The summed E-state index contributed by atoms with van der Waals surface area (Å²) < 4.78 is 15.8. The Kier molecular flexibility index (Phi) is 7.04. The molecule has 1 atom stereocenters. The van der Waals surface area contributed by atoms with Crippen molar-refractivity contribution >= 4 is 40.9 Å². The number of allylic oxidation sites excluding steroid dienone is 1.